The number of phenols is 1. The first-order chi connectivity index (χ1) is 12.0. The highest BCUT2D eigenvalue weighted by molar-refractivity contribution is 8.15. The van der Waals surface area contributed by atoms with E-state index in [9.17, 15) is 5.11 Å². The van der Waals surface area contributed by atoms with Crippen LogP contribution in [0.15, 0.2) is 23.2 Å². The molecule has 0 bridgehead atoms. The number of rotatable bonds is 7. The van der Waals surface area contributed by atoms with Crippen LogP contribution in [0.3, 0.4) is 0 Å². The van der Waals surface area contributed by atoms with E-state index in [1.165, 1.54) is 0 Å². The summed E-state index contributed by atoms with van der Waals surface area (Å²) in [6, 6.07) is 5.20. The minimum absolute atomic E-state index is 0.0307. The smallest absolute Gasteiger partial charge is 0.181 e. The van der Waals surface area contributed by atoms with E-state index in [2.05, 4.69) is 18.8 Å². The number of hydrogen-bond donors (Lipinski definition) is 1. The van der Waals surface area contributed by atoms with Crippen LogP contribution in [-0.4, -0.2) is 45.4 Å². The molecule has 5 nitrogen and oxygen atoms in total. The Balaban J connectivity index is 1.80. The maximum atomic E-state index is 9.62. The summed E-state index contributed by atoms with van der Waals surface area (Å²) < 4.78 is 13.0. The summed E-state index contributed by atoms with van der Waals surface area (Å²) in [7, 11) is 0. The second-order valence-electron chi connectivity index (χ2n) is 6.39. The Bertz CT molecular complexity index is 760. The number of thiazole rings is 1. The van der Waals surface area contributed by atoms with Crippen molar-refractivity contribution in [1.82, 2.24) is 4.98 Å². The van der Waals surface area contributed by atoms with Gasteiger partial charge in [0.25, 0.3) is 0 Å². The fraction of sp³-hybridized carbons (Fsp3) is 0.556. The average Bonchev–Trinajstić information content (AvgIpc) is 3.19. The van der Waals surface area contributed by atoms with Crippen molar-refractivity contribution in [2.45, 2.75) is 58.7 Å². The van der Waals surface area contributed by atoms with Gasteiger partial charge < -0.3 is 14.6 Å². The van der Waals surface area contributed by atoms with Crippen molar-refractivity contribution in [1.29, 1.82) is 0 Å². The van der Waals surface area contributed by atoms with Crippen LogP contribution in [0.5, 0.6) is 5.75 Å². The number of phenolic OH excluding ortho intramolecular Hbond substituents is 1. The minimum Gasteiger partial charge on any atom is -0.508 e. The first-order valence-electron chi connectivity index (χ1n) is 8.57. The van der Waals surface area contributed by atoms with Crippen molar-refractivity contribution >= 4 is 38.4 Å². The van der Waals surface area contributed by atoms with E-state index in [1.807, 2.05) is 19.9 Å². The molecule has 1 aliphatic rings. The van der Waals surface area contributed by atoms with Gasteiger partial charge in [0.15, 0.2) is 6.29 Å². The summed E-state index contributed by atoms with van der Waals surface area (Å²) in [5.74, 6) is 1.08. The molecule has 0 aliphatic carbocycles. The number of fused-ring (bicyclic) bond motifs is 1. The molecule has 0 saturated carbocycles. The van der Waals surface area contributed by atoms with E-state index in [4.69, 9.17) is 14.5 Å². The van der Waals surface area contributed by atoms with Gasteiger partial charge in [-0.05, 0) is 45.4 Å². The van der Waals surface area contributed by atoms with Gasteiger partial charge in [-0.2, -0.15) is 0 Å². The second-order valence-corrected chi connectivity index (χ2v) is 8.43. The molecule has 25 heavy (non-hydrogen) atoms. The second kappa shape index (κ2) is 8.03. The normalized spacial score (nSPS) is 20.2. The van der Waals surface area contributed by atoms with Crippen molar-refractivity contribution in [2.24, 2.45) is 4.99 Å². The third-order valence-corrected chi connectivity index (χ3v) is 6.13. The molecule has 2 heterocycles. The van der Waals surface area contributed by atoms with E-state index in [0.29, 0.717) is 0 Å². The summed E-state index contributed by atoms with van der Waals surface area (Å²) in [5, 5.41) is 11.4. The number of thioether (sulfide) groups is 1. The maximum Gasteiger partial charge on any atom is 0.181 e. The predicted octanol–water partition coefficient (Wildman–Crippen LogP) is 4.43. The summed E-state index contributed by atoms with van der Waals surface area (Å²) in [5.41, 5.74) is 0.885. The van der Waals surface area contributed by atoms with Crippen molar-refractivity contribution in [3.63, 3.8) is 0 Å². The zero-order valence-corrected chi connectivity index (χ0v) is 16.6. The van der Waals surface area contributed by atoms with E-state index in [0.717, 1.165) is 32.4 Å². The molecular weight excluding hydrogens is 356 g/mol. The van der Waals surface area contributed by atoms with Crippen LogP contribution in [-0.2, 0) is 9.47 Å². The molecule has 0 amide bonds. The number of nitrogens with zero attached hydrogens (tertiary/aromatic N) is 2. The summed E-state index contributed by atoms with van der Waals surface area (Å²) in [6.45, 7) is 8.19. The molecular formula is C18H24N2O3S2. The fourth-order valence-corrected chi connectivity index (χ4v) is 4.59. The van der Waals surface area contributed by atoms with Gasteiger partial charge in [0.1, 0.15) is 21.8 Å². The molecule has 0 fully saturated rings. The van der Waals surface area contributed by atoms with Crippen LogP contribution in [0, 0.1) is 0 Å². The van der Waals surface area contributed by atoms with Crippen LogP contribution in [0.25, 0.3) is 10.2 Å². The van der Waals surface area contributed by atoms with Crippen LogP contribution in [0.1, 0.15) is 39.1 Å². The predicted molar refractivity (Wildman–Crippen MR) is 105 cm³/mol. The quantitative estimate of drug-likeness (QED) is 0.720. The fourth-order valence-electron chi connectivity index (χ4n) is 2.46. The molecule has 0 radical (unpaired) electrons. The lowest BCUT2D eigenvalue weighted by Gasteiger charge is -2.26. The first kappa shape index (κ1) is 18.6. The van der Waals surface area contributed by atoms with E-state index in [-0.39, 0.29) is 30.3 Å². The monoisotopic (exact) mass is 380 g/mol. The van der Waals surface area contributed by atoms with Gasteiger partial charge >= 0.3 is 0 Å². The van der Waals surface area contributed by atoms with Gasteiger partial charge in [-0.3, -0.25) is 4.99 Å². The molecule has 1 aliphatic heterocycles. The summed E-state index contributed by atoms with van der Waals surface area (Å²) in [6.07, 6.45) is 0.830. The zero-order valence-electron chi connectivity index (χ0n) is 14.9. The summed E-state index contributed by atoms with van der Waals surface area (Å²) in [4.78, 5) is 9.47. The van der Waals surface area contributed by atoms with E-state index < -0.39 is 0 Å². The molecule has 1 aromatic heterocycles. The minimum atomic E-state index is -0.335. The highest BCUT2D eigenvalue weighted by Crippen LogP contribution is 2.32. The van der Waals surface area contributed by atoms with Crippen molar-refractivity contribution < 1.29 is 14.6 Å². The molecule has 7 heteroatoms. The molecule has 136 valence electrons. The Labute approximate surface area is 156 Å². The van der Waals surface area contributed by atoms with Crippen LogP contribution < -0.4 is 0 Å². The molecule has 0 saturated heterocycles. The Hall–Kier alpha value is -1.15. The van der Waals surface area contributed by atoms with Crippen molar-refractivity contribution in [2.75, 3.05) is 5.75 Å². The highest BCUT2D eigenvalue weighted by Gasteiger charge is 2.31. The third-order valence-electron chi connectivity index (χ3n) is 3.89. The zero-order chi connectivity index (χ0) is 18.0. The SMILES string of the molecule is CCC(C)OC(OC(C)C)C1CSC(c2nc3ccc(O)cc3s2)=N1. The van der Waals surface area contributed by atoms with Crippen molar-refractivity contribution in [3.8, 4) is 5.75 Å². The van der Waals surface area contributed by atoms with Crippen molar-refractivity contribution in [3.05, 3.63) is 23.2 Å². The molecule has 3 unspecified atom stereocenters. The molecule has 3 rings (SSSR count). The Morgan fingerprint density at radius 1 is 1.28 bits per heavy atom. The molecule has 3 atom stereocenters. The Kier molecular flexibility index (Phi) is 5.99. The number of aromatic nitrogens is 1. The number of ether oxygens (including phenoxy) is 2. The van der Waals surface area contributed by atoms with Crippen LogP contribution in [0.2, 0.25) is 0 Å². The number of aliphatic imine (C=N–C) groups is 1. The van der Waals surface area contributed by atoms with Gasteiger partial charge in [0, 0.05) is 5.75 Å². The molecule has 2 aromatic rings. The lowest BCUT2D eigenvalue weighted by atomic mass is 10.3. The standard InChI is InChI=1S/C18H24N2O3S2/c1-5-11(4)23-18(22-10(2)3)14-9-24-16(20-14)17-19-13-7-6-12(21)8-15(13)25-17/h6-8,10-11,14,18,21H,5,9H2,1-4H3. The number of hydrogen-bond acceptors (Lipinski definition) is 7. The maximum absolute atomic E-state index is 9.62. The Morgan fingerprint density at radius 2 is 2.08 bits per heavy atom. The topological polar surface area (TPSA) is 63.9 Å². The molecule has 0 spiro atoms. The van der Waals surface area contributed by atoms with Crippen LogP contribution in [0.4, 0.5) is 0 Å². The van der Waals surface area contributed by atoms with E-state index in [1.54, 1.807) is 35.2 Å². The third kappa shape index (κ3) is 4.53. The average molecular weight is 381 g/mol. The lowest BCUT2D eigenvalue weighted by Crippen LogP contribution is -2.35. The van der Waals surface area contributed by atoms with Gasteiger partial charge in [0.2, 0.25) is 0 Å². The van der Waals surface area contributed by atoms with Gasteiger partial charge in [0.05, 0.1) is 22.4 Å². The number of aromatic hydroxyl groups is 1. The van der Waals surface area contributed by atoms with Gasteiger partial charge in [-0.25, -0.2) is 4.98 Å². The van der Waals surface area contributed by atoms with Gasteiger partial charge in [-0.1, -0.05) is 6.92 Å². The Morgan fingerprint density at radius 3 is 2.80 bits per heavy atom. The lowest BCUT2D eigenvalue weighted by molar-refractivity contribution is -0.191. The highest BCUT2D eigenvalue weighted by atomic mass is 32.2. The van der Waals surface area contributed by atoms with Gasteiger partial charge in [-0.15, -0.1) is 23.1 Å². The largest absolute Gasteiger partial charge is 0.508 e. The van der Waals surface area contributed by atoms with Crippen LogP contribution >= 0.6 is 23.1 Å². The number of benzene rings is 1. The molecule has 1 N–H and O–H groups in total. The van der Waals surface area contributed by atoms with E-state index >= 15 is 0 Å². The summed E-state index contributed by atoms with van der Waals surface area (Å²) >= 11 is 3.24. The first-order valence-corrected chi connectivity index (χ1v) is 10.4. The molecule has 1 aromatic carbocycles.